The van der Waals surface area contributed by atoms with Gasteiger partial charge in [-0.25, -0.2) is 0 Å². The molecule has 506 valence electrons. The molecule has 87 heavy (non-hydrogen) atoms. The molecule has 0 aromatic rings. The molecule has 7 atom stereocenters. The Morgan fingerprint density at radius 3 is 1.25 bits per heavy atom. The molecule has 1 aliphatic heterocycles. The predicted octanol–water partition coefficient (Wildman–Crippen LogP) is 19.1. The Morgan fingerprint density at radius 1 is 0.425 bits per heavy atom. The first kappa shape index (κ1) is 82.1. The van der Waals surface area contributed by atoms with Crippen molar-refractivity contribution in [2.24, 2.45) is 0 Å². The maximum atomic E-state index is 13.0. The predicted molar refractivity (Wildman–Crippen MR) is 366 cm³/mol. The van der Waals surface area contributed by atoms with E-state index in [-0.39, 0.29) is 18.5 Å². The van der Waals surface area contributed by atoms with E-state index in [0.29, 0.717) is 19.4 Å². The molecule has 1 aliphatic rings. The lowest BCUT2D eigenvalue weighted by Crippen LogP contribution is -2.60. The van der Waals surface area contributed by atoms with E-state index in [1.807, 2.05) is 6.08 Å². The van der Waals surface area contributed by atoms with Gasteiger partial charge in [-0.2, -0.15) is 0 Å². The van der Waals surface area contributed by atoms with Crippen molar-refractivity contribution in [3.8, 4) is 0 Å². The van der Waals surface area contributed by atoms with Crippen molar-refractivity contribution in [1.29, 1.82) is 0 Å². The van der Waals surface area contributed by atoms with Crippen LogP contribution < -0.4 is 5.32 Å². The number of unbranched alkanes of at least 4 members (excludes halogenated alkanes) is 40. The van der Waals surface area contributed by atoms with Gasteiger partial charge in [-0.05, 0) is 103 Å². The van der Waals surface area contributed by atoms with Gasteiger partial charge in [0.1, 0.15) is 24.4 Å². The number of allylic oxidation sites excluding steroid dienone is 11. The molecule has 0 aromatic carbocycles. The zero-order valence-electron chi connectivity index (χ0n) is 56.2. The Morgan fingerprint density at radius 2 is 0.805 bits per heavy atom. The van der Waals surface area contributed by atoms with Crippen LogP contribution in [0.15, 0.2) is 72.9 Å². The summed E-state index contributed by atoms with van der Waals surface area (Å²) >= 11 is 0. The molecule has 11 nitrogen and oxygen atoms in total. The lowest BCUT2D eigenvalue weighted by molar-refractivity contribution is -0.302. The lowest BCUT2D eigenvalue weighted by atomic mass is 9.99. The van der Waals surface area contributed by atoms with Crippen LogP contribution in [0.3, 0.4) is 0 Å². The lowest BCUT2D eigenvalue weighted by Gasteiger charge is -2.40. The average Bonchev–Trinajstić information content (AvgIpc) is 2.27. The molecule has 1 saturated heterocycles. The first-order chi connectivity index (χ1) is 42.7. The first-order valence-corrected chi connectivity index (χ1v) is 36.7. The summed E-state index contributed by atoms with van der Waals surface area (Å²) in [5.74, 6) is -0.194. The van der Waals surface area contributed by atoms with Crippen LogP contribution >= 0.6 is 0 Å². The van der Waals surface area contributed by atoms with Gasteiger partial charge in [0.15, 0.2) is 6.29 Å². The molecular weight excluding hydrogens is 1090 g/mol. The number of rotatable bonds is 64. The summed E-state index contributed by atoms with van der Waals surface area (Å²) in [4.78, 5) is 25.1. The van der Waals surface area contributed by atoms with Crippen molar-refractivity contribution in [2.45, 2.75) is 378 Å². The second-order valence-corrected chi connectivity index (χ2v) is 25.3. The van der Waals surface area contributed by atoms with Crippen LogP contribution in [-0.2, 0) is 23.8 Å². The van der Waals surface area contributed by atoms with Crippen molar-refractivity contribution < 1.29 is 49.3 Å². The number of amides is 1. The minimum atomic E-state index is -1.58. The number of ether oxygens (including phenoxy) is 3. The smallest absolute Gasteiger partial charge is 0.305 e. The number of carbonyl (C=O) groups is 2. The number of hydrogen-bond donors (Lipinski definition) is 6. The third kappa shape index (κ3) is 53.5. The minimum Gasteiger partial charge on any atom is -0.466 e. The van der Waals surface area contributed by atoms with Gasteiger partial charge in [0.2, 0.25) is 5.91 Å². The highest BCUT2D eigenvalue weighted by atomic mass is 16.7. The number of hydrogen-bond acceptors (Lipinski definition) is 10. The summed E-state index contributed by atoms with van der Waals surface area (Å²) < 4.78 is 16.7. The molecule has 1 amide bonds. The summed E-state index contributed by atoms with van der Waals surface area (Å²) in [6.45, 7) is 4.23. The highest BCUT2D eigenvalue weighted by molar-refractivity contribution is 5.76. The molecule has 0 saturated carbocycles. The molecule has 1 heterocycles. The van der Waals surface area contributed by atoms with E-state index >= 15 is 0 Å². The van der Waals surface area contributed by atoms with Gasteiger partial charge in [-0.3, -0.25) is 9.59 Å². The summed E-state index contributed by atoms with van der Waals surface area (Å²) in [7, 11) is 0. The third-order valence-corrected chi connectivity index (χ3v) is 17.0. The monoisotopic (exact) mass is 1220 g/mol. The Bertz CT molecular complexity index is 1680. The third-order valence-electron chi connectivity index (χ3n) is 17.0. The fourth-order valence-electron chi connectivity index (χ4n) is 11.2. The highest BCUT2D eigenvalue weighted by Gasteiger charge is 2.44. The average molecular weight is 1220 g/mol. The van der Waals surface area contributed by atoms with Crippen LogP contribution in [0.2, 0.25) is 0 Å². The number of carbonyl (C=O) groups excluding carboxylic acids is 2. The van der Waals surface area contributed by atoms with Crippen molar-refractivity contribution >= 4 is 11.9 Å². The van der Waals surface area contributed by atoms with E-state index in [2.05, 4.69) is 79.9 Å². The molecule has 0 aromatic heterocycles. The van der Waals surface area contributed by atoms with Crippen LogP contribution in [0.4, 0.5) is 0 Å². The Hall–Kier alpha value is -2.90. The fraction of sp³-hybridized carbons (Fsp3) is 0.816. The fourth-order valence-corrected chi connectivity index (χ4v) is 11.2. The summed E-state index contributed by atoms with van der Waals surface area (Å²) in [6, 6.07) is -0.833. The van der Waals surface area contributed by atoms with Gasteiger partial charge in [0.25, 0.3) is 0 Å². The SMILES string of the molecule is CCC/C=C/CC/C=C/CC/C=C/C(O)C(COC1OC(CO)C(O)C(O)C1O)NC(=O)CCCCCCCCCCCCCCCCCCC/C=C\C/C=C\CCCCCCCCCCCCCCCOC(=O)CCCCCCC/C=C\CCCC. The van der Waals surface area contributed by atoms with Crippen molar-refractivity contribution in [2.75, 3.05) is 19.8 Å². The summed E-state index contributed by atoms with van der Waals surface area (Å²) in [5.41, 5.74) is 0. The number of esters is 1. The van der Waals surface area contributed by atoms with Crippen LogP contribution in [0.5, 0.6) is 0 Å². The molecule has 7 unspecified atom stereocenters. The Labute approximate surface area is 534 Å². The molecule has 0 radical (unpaired) electrons. The molecule has 0 spiro atoms. The van der Waals surface area contributed by atoms with Gasteiger partial charge >= 0.3 is 5.97 Å². The second-order valence-electron chi connectivity index (χ2n) is 25.3. The molecule has 0 aliphatic carbocycles. The number of aliphatic hydroxyl groups is 5. The van der Waals surface area contributed by atoms with Crippen molar-refractivity contribution in [1.82, 2.24) is 5.32 Å². The standard InChI is InChI=1S/C76H137NO10/c1-3-5-7-9-11-13-42-46-50-54-58-62-69(79)68(67-86-76-75(84)74(83)73(82)70(66-78)87-76)77-71(80)63-59-55-51-47-44-40-38-36-34-32-30-28-26-24-22-20-18-16-15-17-19-21-23-25-27-29-31-33-35-37-39-41-45-49-53-57-61-65-85-72(81)64-60-56-52-48-43-14-12-10-8-6-4-2/h7,9-10,12,15,17,21,23,42,46,58,62,68-70,73-76,78-79,82-84H,3-6,8,11,13-14,16,18-20,22,24-41,43-45,47-57,59-61,63-67H2,1-2H3,(H,77,80)/b9-7+,12-10-,17-15-,23-21-,46-42+,62-58+. The molecule has 1 rings (SSSR count). The topological polar surface area (TPSA) is 175 Å². The quantitative estimate of drug-likeness (QED) is 0.0195. The molecular formula is C76H137NO10. The normalized spacial score (nSPS) is 18.3. The van der Waals surface area contributed by atoms with Crippen molar-refractivity contribution in [3.63, 3.8) is 0 Å². The maximum Gasteiger partial charge on any atom is 0.305 e. The molecule has 11 heteroatoms. The first-order valence-electron chi connectivity index (χ1n) is 36.7. The van der Waals surface area contributed by atoms with E-state index < -0.39 is 49.5 Å². The van der Waals surface area contributed by atoms with Crippen LogP contribution in [0.25, 0.3) is 0 Å². The highest BCUT2D eigenvalue weighted by Crippen LogP contribution is 2.23. The zero-order chi connectivity index (χ0) is 63.0. The second kappa shape index (κ2) is 64.6. The van der Waals surface area contributed by atoms with E-state index in [0.717, 1.165) is 83.5 Å². The van der Waals surface area contributed by atoms with Crippen LogP contribution in [0.1, 0.15) is 335 Å². The van der Waals surface area contributed by atoms with E-state index in [1.165, 1.54) is 225 Å². The van der Waals surface area contributed by atoms with Gasteiger partial charge in [-0.1, -0.05) is 292 Å². The van der Waals surface area contributed by atoms with Crippen molar-refractivity contribution in [3.05, 3.63) is 72.9 Å². The van der Waals surface area contributed by atoms with E-state index in [9.17, 15) is 35.1 Å². The number of nitrogens with one attached hydrogen (secondary N) is 1. The van der Waals surface area contributed by atoms with Gasteiger partial charge in [0.05, 0.1) is 32.0 Å². The largest absolute Gasteiger partial charge is 0.466 e. The summed E-state index contributed by atoms with van der Waals surface area (Å²) in [6.07, 6.45) is 77.9. The minimum absolute atomic E-state index is 0.000737. The van der Waals surface area contributed by atoms with E-state index in [4.69, 9.17) is 14.2 Å². The summed E-state index contributed by atoms with van der Waals surface area (Å²) in [5, 5.41) is 54.4. The number of aliphatic hydroxyl groups excluding tert-OH is 5. The maximum absolute atomic E-state index is 13.0. The van der Waals surface area contributed by atoms with Crippen LogP contribution in [-0.4, -0.2) is 100 Å². The van der Waals surface area contributed by atoms with Gasteiger partial charge in [0, 0.05) is 12.8 Å². The Balaban J connectivity index is 1.93. The zero-order valence-corrected chi connectivity index (χ0v) is 56.2. The van der Waals surface area contributed by atoms with Crippen LogP contribution in [0, 0.1) is 0 Å². The molecule has 0 bridgehead atoms. The van der Waals surface area contributed by atoms with E-state index in [1.54, 1.807) is 6.08 Å². The Kier molecular flexibility index (Phi) is 61.0. The van der Waals surface area contributed by atoms with Gasteiger partial charge in [-0.15, -0.1) is 0 Å². The van der Waals surface area contributed by atoms with Gasteiger partial charge < -0.3 is 45.1 Å². The molecule has 1 fully saturated rings. The molecule has 6 N–H and O–H groups in total.